The smallest absolute Gasteiger partial charge is 0.189 e. The number of benzene rings is 1. The molecule has 6 heteroatoms. The molecule has 2 aliphatic rings. The van der Waals surface area contributed by atoms with Crippen LogP contribution in [0.3, 0.4) is 0 Å². The van der Waals surface area contributed by atoms with Crippen molar-refractivity contribution in [2.24, 2.45) is 10.7 Å². The van der Waals surface area contributed by atoms with Crippen LogP contribution in [0.1, 0.15) is 24.4 Å². The number of morpholine rings is 1. The van der Waals surface area contributed by atoms with E-state index in [-0.39, 0.29) is 6.04 Å². The Kier molecular flexibility index (Phi) is 5.71. The van der Waals surface area contributed by atoms with Gasteiger partial charge in [-0.2, -0.15) is 0 Å². The topological polar surface area (TPSA) is 72.1 Å². The van der Waals surface area contributed by atoms with Gasteiger partial charge in [0.2, 0.25) is 0 Å². The maximum atomic E-state index is 6.05. The first-order valence-electron chi connectivity index (χ1n) is 8.41. The summed E-state index contributed by atoms with van der Waals surface area (Å²) in [6.07, 6.45) is 1.92. The Morgan fingerprint density at radius 1 is 1.26 bits per heavy atom. The number of fused-ring (bicyclic) bond motifs is 1. The third-order valence-electron chi connectivity index (χ3n) is 4.30. The molecule has 3 rings (SSSR count). The molecule has 6 nitrogen and oxygen atoms in total. The Bertz CT molecular complexity index is 529. The first kappa shape index (κ1) is 16.1. The molecule has 1 aromatic carbocycles. The fourth-order valence-electron chi connectivity index (χ4n) is 3.03. The molecule has 1 unspecified atom stereocenters. The van der Waals surface area contributed by atoms with Crippen LogP contribution >= 0.6 is 0 Å². The van der Waals surface area contributed by atoms with Gasteiger partial charge in [0.05, 0.1) is 25.9 Å². The van der Waals surface area contributed by atoms with Gasteiger partial charge >= 0.3 is 0 Å². The van der Waals surface area contributed by atoms with Crippen LogP contribution in [0.25, 0.3) is 0 Å². The largest absolute Gasteiger partial charge is 0.493 e. The zero-order valence-electron chi connectivity index (χ0n) is 13.5. The maximum Gasteiger partial charge on any atom is 0.189 e. The van der Waals surface area contributed by atoms with Crippen LogP contribution in [0.2, 0.25) is 0 Å². The molecule has 0 aromatic heterocycles. The second-order valence-corrected chi connectivity index (χ2v) is 5.95. The minimum atomic E-state index is 0.183. The van der Waals surface area contributed by atoms with Crippen LogP contribution in [-0.2, 0) is 4.74 Å². The van der Waals surface area contributed by atoms with Gasteiger partial charge in [-0.15, -0.1) is 0 Å². The van der Waals surface area contributed by atoms with Crippen molar-refractivity contribution in [1.82, 2.24) is 10.2 Å². The van der Waals surface area contributed by atoms with Gasteiger partial charge < -0.3 is 20.5 Å². The Labute approximate surface area is 137 Å². The van der Waals surface area contributed by atoms with Crippen LogP contribution in [0.4, 0.5) is 0 Å². The van der Waals surface area contributed by atoms with Crippen molar-refractivity contribution in [3.05, 3.63) is 29.8 Å². The zero-order chi connectivity index (χ0) is 15.9. The second kappa shape index (κ2) is 8.17. The third-order valence-corrected chi connectivity index (χ3v) is 4.30. The summed E-state index contributed by atoms with van der Waals surface area (Å²) in [5.41, 5.74) is 7.20. The summed E-state index contributed by atoms with van der Waals surface area (Å²) in [6.45, 7) is 6.25. The average Bonchev–Trinajstić information content (AvgIpc) is 2.60. The van der Waals surface area contributed by atoms with E-state index in [1.165, 1.54) is 0 Å². The van der Waals surface area contributed by atoms with Crippen LogP contribution in [0.5, 0.6) is 5.75 Å². The van der Waals surface area contributed by atoms with Gasteiger partial charge in [0, 0.05) is 38.2 Å². The van der Waals surface area contributed by atoms with Gasteiger partial charge in [-0.05, 0) is 12.5 Å². The number of nitrogens with one attached hydrogen (secondary N) is 1. The van der Waals surface area contributed by atoms with Gasteiger partial charge in [0.15, 0.2) is 5.96 Å². The molecule has 126 valence electrons. The number of nitrogens with zero attached hydrogens (tertiary/aromatic N) is 2. The molecule has 23 heavy (non-hydrogen) atoms. The number of aliphatic imine (C=N–C) groups is 1. The van der Waals surface area contributed by atoms with Gasteiger partial charge in [0.1, 0.15) is 5.75 Å². The Hall–Kier alpha value is -1.79. The molecule has 3 N–H and O–H groups in total. The molecule has 2 heterocycles. The number of para-hydroxylation sites is 1. The zero-order valence-corrected chi connectivity index (χ0v) is 13.5. The lowest BCUT2D eigenvalue weighted by atomic mass is 10.0. The molecule has 0 aliphatic carbocycles. The van der Waals surface area contributed by atoms with Gasteiger partial charge in [-0.25, -0.2) is 0 Å². The molecule has 1 aromatic rings. The number of rotatable bonds is 5. The standard InChI is InChI=1S/C17H26N4O2/c18-17(19-7-3-8-21-9-12-22-13-10-21)20-15-6-11-23-16-5-2-1-4-14(15)16/h1-2,4-5,15H,3,6-13H2,(H3,18,19,20). The van der Waals surface area contributed by atoms with E-state index in [1.54, 1.807) is 0 Å². The van der Waals surface area contributed by atoms with E-state index in [9.17, 15) is 0 Å². The SMILES string of the molecule is NC(=NCCCN1CCOCC1)NC1CCOc2ccccc21. The van der Waals surface area contributed by atoms with Crippen molar-refractivity contribution in [2.75, 3.05) is 46.0 Å². The molecule has 2 aliphatic heterocycles. The van der Waals surface area contributed by atoms with E-state index >= 15 is 0 Å². The summed E-state index contributed by atoms with van der Waals surface area (Å²) >= 11 is 0. The lowest BCUT2D eigenvalue weighted by Crippen LogP contribution is -2.38. The number of hydrogen-bond donors (Lipinski definition) is 2. The molecule has 1 atom stereocenters. The quantitative estimate of drug-likeness (QED) is 0.484. The number of guanidine groups is 1. The third kappa shape index (κ3) is 4.59. The highest BCUT2D eigenvalue weighted by atomic mass is 16.5. The molecule has 0 bridgehead atoms. The summed E-state index contributed by atoms with van der Waals surface area (Å²) < 4.78 is 11.0. The summed E-state index contributed by atoms with van der Waals surface area (Å²) in [5, 5.41) is 3.33. The molecule has 0 spiro atoms. The predicted molar refractivity (Wildman–Crippen MR) is 90.8 cm³/mol. The first-order chi connectivity index (χ1) is 11.3. The number of nitrogens with two attached hydrogens (primary N) is 1. The molecule has 0 saturated carbocycles. The highest BCUT2D eigenvalue weighted by molar-refractivity contribution is 5.78. The van der Waals surface area contributed by atoms with Crippen LogP contribution < -0.4 is 15.8 Å². The molecule has 0 amide bonds. The Morgan fingerprint density at radius 2 is 2.09 bits per heavy atom. The van der Waals surface area contributed by atoms with Crippen molar-refractivity contribution >= 4 is 5.96 Å². The molecule has 0 radical (unpaired) electrons. The van der Waals surface area contributed by atoms with Crippen LogP contribution in [-0.4, -0.2) is 56.9 Å². The van der Waals surface area contributed by atoms with Crippen LogP contribution in [0.15, 0.2) is 29.3 Å². The summed E-state index contributed by atoms with van der Waals surface area (Å²) in [5.74, 6) is 1.46. The molecule has 1 fully saturated rings. The highest BCUT2D eigenvalue weighted by Gasteiger charge is 2.21. The maximum absolute atomic E-state index is 6.05. The lowest BCUT2D eigenvalue weighted by molar-refractivity contribution is 0.0377. The van der Waals surface area contributed by atoms with Crippen molar-refractivity contribution in [3.8, 4) is 5.75 Å². The van der Waals surface area contributed by atoms with Crippen molar-refractivity contribution < 1.29 is 9.47 Å². The normalized spacial score (nSPS) is 22.3. The van der Waals surface area contributed by atoms with E-state index in [1.807, 2.05) is 18.2 Å². The molecule has 1 saturated heterocycles. The second-order valence-electron chi connectivity index (χ2n) is 5.95. The monoisotopic (exact) mass is 318 g/mol. The van der Waals surface area contributed by atoms with Gasteiger partial charge in [-0.3, -0.25) is 9.89 Å². The van der Waals surface area contributed by atoms with Crippen molar-refractivity contribution in [1.29, 1.82) is 0 Å². The lowest BCUT2D eigenvalue weighted by Gasteiger charge is -2.27. The minimum Gasteiger partial charge on any atom is -0.493 e. The fraction of sp³-hybridized carbons (Fsp3) is 0.588. The van der Waals surface area contributed by atoms with Crippen molar-refractivity contribution in [2.45, 2.75) is 18.9 Å². The summed E-state index contributed by atoms with van der Waals surface area (Å²) in [6, 6.07) is 8.28. The van der Waals surface area contributed by atoms with E-state index in [0.717, 1.165) is 63.5 Å². The van der Waals surface area contributed by atoms with Gasteiger partial charge in [0.25, 0.3) is 0 Å². The average molecular weight is 318 g/mol. The predicted octanol–water partition coefficient (Wildman–Crippen LogP) is 1.14. The van der Waals surface area contributed by atoms with Crippen LogP contribution in [0, 0.1) is 0 Å². The number of ether oxygens (including phenoxy) is 2. The van der Waals surface area contributed by atoms with E-state index in [4.69, 9.17) is 15.2 Å². The Balaban J connectivity index is 1.44. The Morgan fingerprint density at radius 3 is 2.96 bits per heavy atom. The summed E-state index contributed by atoms with van der Waals surface area (Å²) in [4.78, 5) is 6.87. The van der Waals surface area contributed by atoms with E-state index < -0.39 is 0 Å². The summed E-state index contributed by atoms with van der Waals surface area (Å²) in [7, 11) is 0. The minimum absolute atomic E-state index is 0.183. The van der Waals surface area contributed by atoms with Gasteiger partial charge in [-0.1, -0.05) is 18.2 Å². The first-order valence-corrected chi connectivity index (χ1v) is 8.41. The highest BCUT2D eigenvalue weighted by Crippen LogP contribution is 2.31. The van der Waals surface area contributed by atoms with E-state index in [2.05, 4.69) is 21.3 Å². The molecular formula is C17H26N4O2. The molecular weight excluding hydrogens is 292 g/mol. The van der Waals surface area contributed by atoms with E-state index in [0.29, 0.717) is 12.6 Å². The number of hydrogen-bond acceptors (Lipinski definition) is 4. The van der Waals surface area contributed by atoms with Crippen molar-refractivity contribution in [3.63, 3.8) is 0 Å². The fourth-order valence-corrected chi connectivity index (χ4v) is 3.03.